The third-order valence-electron chi connectivity index (χ3n) is 5.98. The normalized spacial score (nSPS) is 15.5. The number of H-pyrrole nitrogens is 1. The second kappa shape index (κ2) is 10.2. The number of halogens is 1. The fourth-order valence-electron chi connectivity index (χ4n) is 4.25. The first-order chi connectivity index (χ1) is 15.2. The van der Waals surface area contributed by atoms with E-state index in [0.29, 0.717) is 12.5 Å². The van der Waals surface area contributed by atoms with E-state index in [2.05, 4.69) is 24.9 Å². The Morgan fingerprint density at radius 1 is 1.28 bits per heavy atom. The quantitative estimate of drug-likeness (QED) is 0.366. The van der Waals surface area contributed by atoms with Crippen molar-refractivity contribution in [1.82, 2.24) is 9.97 Å². The lowest BCUT2D eigenvalue weighted by Gasteiger charge is -2.26. The van der Waals surface area contributed by atoms with Gasteiger partial charge in [-0.15, -0.1) is 0 Å². The largest absolute Gasteiger partial charge is 0.465 e. The lowest BCUT2D eigenvalue weighted by molar-refractivity contribution is -0.151. The van der Waals surface area contributed by atoms with Crippen LogP contribution in [0.5, 0.6) is 0 Å². The smallest absolute Gasteiger partial charge is 0.318 e. The van der Waals surface area contributed by atoms with Crippen molar-refractivity contribution in [3.63, 3.8) is 0 Å². The van der Waals surface area contributed by atoms with Gasteiger partial charge >= 0.3 is 5.97 Å². The summed E-state index contributed by atoms with van der Waals surface area (Å²) < 4.78 is 10.7. The second-order valence-electron chi connectivity index (χ2n) is 8.66. The van der Waals surface area contributed by atoms with Crippen LogP contribution in [0.3, 0.4) is 0 Å². The van der Waals surface area contributed by atoms with Gasteiger partial charge in [0.1, 0.15) is 5.41 Å². The Hall–Kier alpha value is -2.19. The first-order valence-electron chi connectivity index (χ1n) is 10.9. The molecule has 1 heterocycles. The fraction of sp³-hybridized carbons (Fsp3) is 0.417. The summed E-state index contributed by atoms with van der Waals surface area (Å²) in [7, 11) is -0.455. The molecule has 3 aromatic rings. The molecule has 3 rings (SSSR count). The molecule has 0 spiro atoms. The van der Waals surface area contributed by atoms with Gasteiger partial charge in [0.25, 0.3) is 0 Å². The summed E-state index contributed by atoms with van der Waals surface area (Å²) in [6.45, 7) is 8.48. The average Bonchev–Trinajstić information content (AvgIpc) is 3.18. The number of ether oxygens (including phenoxy) is 2. The molecular weight excluding hydrogens is 442 g/mol. The van der Waals surface area contributed by atoms with E-state index in [1.54, 1.807) is 14.0 Å². The van der Waals surface area contributed by atoms with E-state index in [0.717, 1.165) is 32.6 Å². The van der Waals surface area contributed by atoms with Gasteiger partial charge < -0.3 is 19.9 Å². The zero-order chi connectivity index (χ0) is 23.5. The van der Waals surface area contributed by atoms with E-state index in [1.807, 2.05) is 43.3 Å². The van der Waals surface area contributed by atoms with Crippen LogP contribution in [0.15, 0.2) is 42.5 Å². The Bertz CT molecular complexity index is 1090. The van der Waals surface area contributed by atoms with Crippen LogP contribution in [0.2, 0.25) is 5.02 Å². The highest BCUT2D eigenvalue weighted by Gasteiger charge is 2.37. The summed E-state index contributed by atoms with van der Waals surface area (Å²) in [6.07, 6.45) is 0. The monoisotopic (exact) mass is 473 g/mol. The van der Waals surface area contributed by atoms with Gasteiger partial charge in [-0.25, -0.2) is 4.98 Å². The molecule has 0 saturated carbocycles. The number of hydrogen-bond donors (Lipinski definition) is 2. The Morgan fingerprint density at radius 3 is 2.62 bits per heavy atom. The first-order valence-corrected chi connectivity index (χ1v) is 13.2. The number of methoxy groups -OCH3 is 1. The minimum atomic E-state index is -2.03. The molecule has 8 heteroatoms. The summed E-state index contributed by atoms with van der Waals surface area (Å²) in [5.41, 5.74) is 3.55. The second-order valence-corrected chi connectivity index (χ2v) is 11.4. The molecule has 1 aromatic heterocycles. The Balaban J connectivity index is 2.01. The van der Waals surface area contributed by atoms with Crippen LogP contribution >= 0.6 is 11.6 Å². The highest BCUT2D eigenvalue weighted by atomic mass is 35.5. The van der Waals surface area contributed by atoms with Gasteiger partial charge in [0, 0.05) is 17.7 Å². The molecule has 0 amide bonds. The molecular formula is C24H32ClN3O3Si. The first kappa shape index (κ1) is 24.4. The number of esters is 1. The van der Waals surface area contributed by atoms with E-state index >= 15 is 0 Å². The number of carbonyl (C=O) groups is 1. The van der Waals surface area contributed by atoms with Crippen molar-refractivity contribution in [2.45, 2.75) is 38.7 Å². The summed E-state index contributed by atoms with van der Waals surface area (Å²) >= 11 is 6.51. The van der Waals surface area contributed by atoms with Gasteiger partial charge in [0.05, 0.1) is 29.7 Å². The molecule has 1 unspecified atom stereocenters. The molecule has 3 N–H and O–H groups in total. The fourth-order valence-corrected chi connectivity index (χ4v) is 7.07. The number of rotatable bonds is 9. The maximum Gasteiger partial charge on any atom is 0.318 e. The van der Waals surface area contributed by atoms with Crippen LogP contribution in [0, 0.1) is 5.92 Å². The predicted octanol–water partition coefficient (Wildman–Crippen LogP) is 3.55. The number of benzene rings is 2. The molecule has 2 aromatic carbocycles. The molecule has 0 saturated heterocycles. The highest BCUT2D eigenvalue weighted by molar-refractivity contribution is 6.70. The predicted molar refractivity (Wildman–Crippen MR) is 132 cm³/mol. The van der Waals surface area contributed by atoms with Crippen LogP contribution in [0.4, 0.5) is 0 Å². The van der Waals surface area contributed by atoms with E-state index in [-0.39, 0.29) is 18.1 Å². The van der Waals surface area contributed by atoms with Crippen molar-refractivity contribution in [2.24, 2.45) is 11.3 Å². The molecule has 0 fully saturated rings. The number of imidazole rings is 1. The van der Waals surface area contributed by atoms with Gasteiger partial charge in [0.15, 0.2) is 8.96 Å². The van der Waals surface area contributed by atoms with Crippen LogP contribution in [0.1, 0.15) is 44.4 Å². The van der Waals surface area contributed by atoms with Crippen molar-refractivity contribution in [2.75, 3.05) is 20.3 Å². The van der Waals surface area contributed by atoms with E-state index in [4.69, 9.17) is 31.5 Å². The Kier molecular flexibility index (Phi) is 7.77. The molecule has 6 nitrogen and oxygen atoms in total. The van der Waals surface area contributed by atoms with Crippen molar-refractivity contribution >= 4 is 43.0 Å². The van der Waals surface area contributed by atoms with Crippen LogP contribution in [0.25, 0.3) is 11.0 Å². The zero-order valence-electron chi connectivity index (χ0n) is 19.3. The molecule has 32 heavy (non-hydrogen) atoms. The number of fused-ring (bicyclic) bond motifs is 1. The molecule has 172 valence electrons. The Morgan fingerprint density at radius 2 is 2.00 bits per heavy atom. The van der Waals surface area contributed by atoms with E-state index in [1.165, 1.54) is 0 Å². The minimum Gasteiger partial charge on any atom is -0.465 e. The molecule has 0 bridgehead atoms. The van der Waals surface area contributed by atoms with Gasteiger partial charge in [-0.1, -0.05) is 49.7 Å². The van der Waals surface area contributed by atoms with E-state index in [9.17, 15) is 4.79 Å². The lowest BCUT2D eigenvalue weighted by atomic mass is 9.83. The number of nitrogens with zero attached hydrogens (tertiary/aromatic N) is 1. The summed E-state index contributed by atoms with van der Waals surface area (Å²) in [4.78, 5) is 21.0. The number of carbonyl (C=O) groups excluding carboxylic acids is 1. The standard InChI is InChI=1S/C24H32ClN3O3Si/c1-6-31-22(29)24(4,14-30-5)16-11-12-19-20(13-16)28-23(27-19)32(26)21(15(2)3)17-9-7-8-10-18(17)25/h7-13,15,21,32H,6,14,26H2,1-5H3,(H,27,28)/t21-,24?,32-/m0/s1. The topological polar surface area (TPSA) is 90.2 Å². The molecule has 0 aliphatic heterocycles. The van der Waals surface area contributed by atoms with Crippen molar-refractivity contribution < 1.29 is 14.3 Å². The Labute approximate surface area is 196 Å². The van der Waals surface area contributed by atoms with Crippen LogP contribution in [-0.2, 0) is 19.7 Å². The molecule has 0 aliphatic rings. The third kappa shape index (κ3) is 4.76. The van der Waals surface area contributed by atoms with Crippen LogP contribution < -0.4 is 10.8 Å². The van der Waals surface area contributed by atoms with Gasteiger partial charge in [-0.3, -0.25) is 4.79 Å². The SMILES string of the molecule is CCOC(=O)C(C)(COC)c1ccc2[nH]c([Si@@H](N)[C@H](c3ccccc3Cl)C(C)C)nc2c1. The molecule has 3 atom stereocenters. The summed E-state index contributed by atoms with van der Waals surface area (Å²) in [5.74, 6) is -0.00391. The van der Waals surface area contributed by atoms with Crippen molar-refractivity contribution in [1.29, 1.82) is 0 Å². The number of hydrogen-bond acceptors (Lipinski definition) is 5. The molecule has 0 radical (unpaired) electrons. The average molecular weight is 474 g/mol. The highest BCUT2D eigenvalue weighted by Crippen LogP contribution is 2.32. The van der Waals surface area contributed by atoms with Crippen molar-refractivity contribution in [3.8, 4) is 0 Å². The number of nitrogens with one attached hydrogen (secondary N) is 1. The van der Waals surface area contributed by atoms with Crippen molar-refractivity contribution in [3.05, 3.63) is 58.6 Å². The summed E-state index contributed by atoms with van der Waals surface area (Å²) in [6, 6.07) is 13.7. The van der Waals surface area contributed by atoms with E-state index < -0.39 is 14.4 Å². The number of nitrogens with two attached hydrogens (primary N) is 1. The van der Waals surface area contributed by atoms with Gasteiger partial charge in [0.2, 0.25) is 0 Å². The summed E-state index contributed by atoms with van der Waals surface area (Å²) in [5, 5.41) is 7.59. The lowest BCUT2D eigenvalue weighted by Crippen LogP contribution is -2.49. The zero-order valence-corrected chi connectivity index (χ0v) is 21.2. The van der Waals surface area contributed by atoms with Gasteiger partial charge in [-0.05, 0) is 49.1 Å². The maximum absolute atomic E-state index is 12.7. The molecule has 0 aliphatic carbocycles. The van der Waals surface area contributed by atoms with Crippen LogP contribution in [-0.4, -0.2) is 45.2 Å². The minimum absolute atomic E-state index is 0.127. The number of aromatic nitrogens is 2. The number of aromatic amines is 1. The maximum atomic E-state index is 12.7. The van der Waals surface area contributed by atoms with Gasteiger partial charge in [-0.2, -0.15) is 0 Å². The third-order valence-corrected chi connectivity index (χ3v) is 9.13.